The molecule has 1 aromatic carbocycles. The molecule has 168 valence electrons. The maximum absolute atomic E-state index is 12.5. The number of ether oxygens (including phenoxy) is 2. The number of carboxylic acid groups (broad SMARTS) is 1. The highest BCUT2D eigenvalue weighted by molar-refractivity contribution is 8.26. The van der Waals surface area contributed by atoms with Gasteiger partial charge in [0.05, 0.1) is 22.7 Å². The molecular weight excluding hydrogens is 476 g/mol. The van der Waals surface area contributed by atoms with Gasteiger partial charge in [-0.1, -0.05) is 35.7 Å². The van der Waals surface area contributed by atoms with Gasteiger partial charge in [0.25, 0.3) is 5.91 Å². The zero-order valence-corrected chi connectivity index (χ0v) is 19.7. The van der Waals surface area contributed by atoms with Gasteiger partial charge < -0.3 is 19.5 Å². The van der Waals surface area contributed by atoms with Gasteiger partial charge in [-0.15, -0.1) is 0 Å². The average Bonchev–Trinajstić information content (AvgIpc) is 3.20. The monoisotopic (exact) mass is 494 g/mol. The van der Waals surface area contributed by atoms with Crippen molar-refractivity contribution < 1.29 is 33.8 Å². The van der Waals surface area contributed by atoms with Crippen LogP contribution in [0.5, 0.6) is 5.75 Å². The second-order valence-electron chi connectivity index (χ2n) is 6.44. The fourth-order valence-electron chi connectivity index (χ4n) is 3.02. The number of carbonyl (C=O) groups excluding carboxylic acids is 3. The van der Waals surface area contributed by atoms with Crippen molar-refractivity contribution in [2.24, 2.45) is 0 Å². The van der Waals surface area contributed by atoms with E-state index in [2.05, 4.69) is 0 Å². The lowest BCUT2D eigenvalue weighted by Gasteiger charge is -2.18. The lowest BCUT2D eigenvalue weighted by atomic mass is 10.1. The Kier molecular flexibility index (Phi) is 7.26. The van der Waals surface area contributed by atoms with Crippen LogP contribution in [0.2, 0.25) is 0 Å². The van der Waals surface area contributed by atoms with Crippen molar-refractivity contribution in [3.63, 3.8) is 0 Å². The van der Waals surface area contributed by atoms with Crippen LogP contribution in [-0.2, 0) is 19.1 Å². The van der Waals surface area contributed by atoms with Crippen molar-refractivity contribution in [2.75, 3.05) is 25.1 Å². The highest BCUT2D eigenvalue weighted by Crippen LogP contribution is 2.48. The molecule has 9 nitrogen and oxygen atoms in total. The minimum Gasteiger partial charge on any atom is -0.480 e. The van der Waals surface area contributed by atoms with E-state index in [1.807, 2.05) is 11.8 Å². The molecule has 2 heterocycles. The maximum atomic E-state index is 12.5. The van der Waals surface area contributed by atoms with E-state index in [0.717, 1.165) is 32.3 Å². The number of aliphatic carboxylic acids is 1. The van der Waals surface area contributed by atoms with Crippen molar-refractivity contribution in [2.45, 2.75) is 18.7 Å². The van der Waals surface area contributed by atoms with Crippen molar-refractivity contribution >= 4 is 69.6 Å². The molecule has 0 aliphatic carbocycles. The Morgan fingerprint density at radius 3 is 2.50 bits per heavy atom. The minimum absolute atomic E-state index is 0.0995. The topological polar surface area (TPSA) is 113 Å². The molecule has 1 amide bonds. The van der Waals surface area contributed by atoms with Gasteiger partial charge in [-0.05, 0) is 31.2 Å². The van der Waals surface area contributed by atoms with Crippen molar-refractivity contribution in [1.82, 2.24) is 4.90 Å². The molecule has 3 rings (SSSR count). The molecule has 0 bridgehead atoms. The van der Waals surface area contributed by atoms with Crippen molar-refractivity contribution in [3.05, 3.63) is 39.8 Å². The second kappa shape index (κ2) is 9.76. The van der Waals surface area contributed by atoms with Crippen LogP contribution in [-0.4, -0.2) is 58.3 Å². The van der Waals surface area contributed by atoms with E-state index < -0.39 is 30.4 Å². The van der Waals surface area contributed by atoms with Gasteiger partial charge >= 0.3 is 17.9 Å². The number of carbonyl (C=O) groups is 4. The Balaban J connectivity index is 1.94. The normalized spacial score (nSPS) is 17.8. The summed E-state index contributed by atoms with van der Waals surface area (Å²) < 4.78 is 10.2. The first-order valence-electron chi connectivity index (χ1n) is 9.23. The smallest absolute Gasteiger partial charge is 0.341 e. The number of allylic oxidation sites excluding steroid dienone is 2. The van der Waals surface area contributed by atoms with Gasteiger partial charge in [0, 0.05) is 18.4 Å². The van der Waals surface area contributed by atoms with E-state index in [-0.39, 0.29) is 15.6 Å². The number of thioether (sulfide) groups is 2. The zero-order chi connectivity index (χ0) is 23.6. The summed E-state index contributed by atoms with van der Waals surface area (Å²) in [5.74, 6) is -2.71. The number of amides is 1. The molecule has 0 aromatic heterocycles. The number of methoxy groups -OCH3 is 1. The number of rotatable bonds is 6. The molecule has 0 atom stereocenters. The van der Waals surface area contributed by atoms with E-state index >= 15 is 0 Å². The minimum atomic E-state index is -1.15. The summed E-state index contributed by atoms with van der Waals surface area (Å²) in [6.07, 6.45) is 3.32. The number of benzene rings is 1. The van der Waals surface area contributed by atoms with Gasteiger partial charge in [0.2, 0.25) is 0 Å². The molecule has 1 aromatic rings. The van der Waals surface area contributed by atoms with Crippen LogP contribution in [0.3, 0.4) is 0 Å². The molecule has 2 aliphatic rings. The second-order valence-corrected chi connectivity index (χ2v) is 9.17. The van der Waals surface area contributed by atoms with Crippen LogP contribution in [0.4, 0.5) is 5.69 Å². The summed E-state index contributed by atoms with van der Waals surface area (Å²) >= 11 is 7.51. The molecule has 0 spiro atoms. The summed E-state index contributed by atoms with van der Waals surface area (Å²) in [6.45, 7) is 3.24. The number of esters is 2. The summed E-state index contributed by atoms with van der Waals surface area (Å²) in [4.78, 5) is 51.1. The molecule has 32 heavy (non-hydrogen) atoms. The van der Waals surface area contributed by atoms with Gasteiger partial charge in [0.1, 0.15) is 22.2 Å². The average molecular weight is 495 g/mol. The van der Waals surface area contributed by atoms with Crippen LogP contribution in [0.15, 0.2) is 39.1 Å². The molecule has 0 saturated carbocycles. The number of hydrogen-bond acceptors (Lipinski definition) is 10. The first-order valence-corrected chi connectivity index (χ1v) is 11.3. The molecule has 1 fully saturated rings. The predicted octanol–water partition coefficient (Wildman–Crippen LogP) is 3.00. The Morgan fingerprint density at radius 2 is 1.91 bits per heavy atom. The van der Waals surface area contributed by atoms with Gasteiger partial charge in [-0.25, -0.2) is 4.79 Å². The van der Waals surface area contributed by atoms with Crippen molar-refractivity contribution in [1.29, 1.82) is 0 Å². The largest absolute Gasteiger partial charge is 0.480 e. The summed E-state index contributed by atoms with van der Waals surface area (Å²) in [5, 5.41) is 9.72. The number of nitrogens with zero attached hydrogens (tertiary/aromatic N) is 2. The third-order valence-corrected chi connectivity index (χ3v) is 6.86. The summed E-state index contributed by atoms with van der Waals surface area (Å²) in [7, 11) is 1.24. The first kappa shape index (κ1) is 23.8. The van der Waals surface area contributed by atoms with Crippen LogP contribution < -0.4 is 9.64 Å². The fourth-order valence-corrected chi connectivity index (χ4v) is 5.36. The quantitative estimate of drug-likeness (QED) is 0.272. The van der Waals surface area contributed by atoms with Crippen LogP contribution in [0, 0.1) is 0 Å². The highest BCUT2D eigenvalue weighted by Gasteiger charge is 2.33. The van der Waals surface area contributed by atoms with E-state index in [1.54, 1.807) is 24.3 Å². The van der Waals surface area contributed by atoms with Crippen molar-refractivity contribution in [3.8, 4) is 5.75 Å². The van der Waals surface area contributed by atoms with Gasteiger partial charge in [0.15, 0.2) is 0 Å². The summed E-state index contributed by atoms with van der Waals surface area (Å²) in [6, 6.07) is 3.20. The van der Waals surface area contributed by atoms with Gasteiger partial charge in [-0.2, -0.15) is 0 Å². The molecule has 1 saturated heterocycles. The third-order valence-electron chi connectivity index (χ3n) is 4.35. The standard InChI is InChI=1S/C20H18N2O7S3/c1-4-21-12-7-11(19(27)28-3)13(29-10(2)23)8-15(12)31-16(21)6-5-14-18(26)22(9-17(24)25)20(30)32-14/h5-8H,4,9H2,1-3H3,(H,24,25)/b14-5+,16-6-. The number of carboxylic acids is 1. The van der Waals surface area contributed by atoms with E-state index in [4.69, 9.17) is 26.8 Å². The third kappa shape index (κ3) is 4.81. The summed E-state index contributed by atoms with van der Waals surface area (Å²) in [5.41, 5.74) is 0.850. The maximum Gasteiger partial charge on any atom is 0.341 e. The molecule has 12 heteroatoms. The Labute approximate surface area is 197 Å². The number of fused-ring (bicyclic) bond motifs is 1. The van der Waals surface area contributed by atoms with Crippen LogP contribution in [0.1, 0.15) is 24.2 Å². The molecule has 1 N–H and O–H groups in total. The number of hydrogen-bond donors (Lipinski definition) is 1. The van der Waals surface area contributed by atoms with E-state index in [1.165, 1.54) is 25.8 Å². The Hall–Kier alpha value is -2.83. The number of anilines is 1. The fraction of sp³-hybridized carbons (Fsp3) is 0.250. The molecular formula is C20H18N2O7S3. The lowest BCUT2D eigenvalue weighted by molar-refractivity contribution is -0.140. The Bertz CT molecular complexity index is 1100. The Morgan fingerprint density at radius 1 is 1.19 bits per heavy atom. The number of thiocarbonyl (C=S) groups is 1. The first-order chi connectivity index (χ1) is 15.2. The van der Waals surface area contributed by atoms with E-state index in [0.29, 0.717) is 11.4 Å². The van der Waals surface area contributed by atoms with Crippen LogP contribution >= 0.6 is 35.7 Å². The highest BCUT2D eigenvalue weighted by atomic mass is 32.2. The molecule has 0 unspecified atom stereocenters. The van der Waals surface area contributed by atoms with E-state index in [9.17, 15) is 19.2 Å². The lowest BCUT2D eigenvalue weighted by Crippen LogP contribution is -2.33. The SMILES string of the molecule is CCN1/C(=C/C=C2/SC(=S)N(CC(=O)O)C2=O)Sc2cc(OC(C)=O)c(C(=O)OC)cc21. The molecule has 0 radical (unpaired) electrons. The predicted molar refractivity (Wildman–Crippen MR) is 124 cm³/mol. The zero-order valence-electron chi connectivity index (χ0n) is 17.2. The van der Waals surface area contributed by atoms with Gasteiger partial charge in [-0.3, -0.25) is 19.3 Å². The van der Waals surface area contributed by atoms with Crippen LogP contribution in [0.25, 0.3) is 0 Å². The molecule has 2 aliphatic heterocycles.